The molecule has 3 rings (SSSR count). The molecule has 1 saturated carbocycles. The summed E-state index contributed by atoms with van der Waals surface area (Å²) in [5.74, 6) is 1.51. The first-order valence-corrected chi connectivity index (χ1v) is 11.2. The van der Waals surface area contributed by atoms with Crippen LogP contribution in [0.1, 0.15) is 88.6 Å². The van der Waals surface area contributed by atoms with E-state index in [4.69, 9.17) is 9.26 Å². The summed E-state index contributed by atoms with van der Waals surface area (Å²) < 4.78 is 11.2. The summed E-state index contributed by atoms with van der Waals surface area (Å²) in [6.07, 6.45) is 5.41. The molecule has 1 N–H and O–H groups in total. The van der Waals surface area contributed by atoms with Gasteiger partial charge in [-0.05, 0) is 50.2 Å². The molecule has 0 saturated heterocycles. The van der Waals surface area contributed by atoms with Gasteiger partial charge in [0.2, 0.25) is 11.8 Å². The molecule has 2 aromatic rings. The maximum atomic E-state index is 12.2. The van der Waals surface area contributed by atoms with Gasteiger partial charge in [-0.2, -0.15) is 4.98 Å². The van der Waals surface area contributed by atoms with Crippen molar-refractivity contribution in [2.75, 3.05) is 13.2 Å². The van der Waals surface area contributed by atoms with Gasteiger partial charge in [-0.1, -0.05) is 56.1 Å². The van der Waals surface area contributed by atoms with Gasteiger partial charge in [0.1, 0.15) is 0 Å². The molecule has 1 aliphatic rings. The fourth-order valence-electron chi connectivity index (χ4n) is 4.14. The lowest BCUT2D eigenvalue weighted by atomic mass is 9.78. The van der Waals surface area contributed by atoms with Gasteiger partial charge in [0.05, 0.1) is 17.9 Å². The number of rotatable bonds is 10. The Labute approximate surface area is 179 Å². The number of benzene rings is 1. The molecule has 1 amide bonds. The highest BCUT2D eigenvalue weighted by atomic mass is 16.5. The lowest BCUT2D eigenvalue weighted by Gasteiger charge is -2.25. The van der Waals surface area contributed by atoms with Gasteiger partial charge in [-0.3, -0.25) is 4.79 Å². The summed E-state index contributed by atoms with van der Waals surface area (Å²) in [4.78, 5) is 16.9. The SMILES string of the molecule is CC(C)OCCCNC(=O)Cc1noc(C2(c3ccc(C(C)C)cc3)CCCC2)n1. The van der Waals surface area contributed by atoms with Gasteiger partial charge in [-0.25, -0.2) is 0 Å². The van der Waals surface area contributed by atoms with E-state index in [2.05, 4.69) is 53.6 Å². The molecule has 1 aromatic heterocycles. The minimum Gasteiger partial charge on any atom is -0.379 e. The highest BCUT2D eigenvalue weighted by molar-refractivity contribution is 5.77. The predicted octanol–water partition coefficient (Wildman–Crippen LogP) is 4.53. The zero-order chi connectivity index (χ0) is 21.6. The van der Waals surface area contributed by atoms with Crippen LogP contribution in [0.25, 0.3) is 0 Å². The van der Waals surface area contributed by atoms with Crippen molar-refractivity contribution < 1.29 is 14.1 Å². The number of carbonyl (C=O) groups excluding carboxylic acids is 1. The van der Waals surface area contributed by atoms with E-state index in [1.807, 2.05) is 13.8 Å². The highest BCUT2D eigenvalue weighted by Gasteiger charge is 2.42. The van der Waals surface area contributed by atoms with Crippen LogP contribution in [0.3, 0.4) is 0 Å². The second-order valence-corrected chi connectivity index (χ2v) is 8.88. The standard InChI is InChI=1S/C24H35N3O3/c1-17(2)19-8-10-20(11-9-19)24(12-5-6-13-24)23-26-21(27-30-23)16-22(28)25-14-7-15-29-18(3)4/h8-11,17-18H,5-7,12-16H2,1-4H3,(H,25,28). The van der Waals surface area contributed by atoms with Crippen LogP contribution < -0.4 is 5.32 Å². The molecule has 6 heteroatoms. The number of nitrogens with zero attached hydrogens (tertiary/aromatic N) is 2. The minimum atomic E-state index is -0.231. The molecule has 1 aromatic carbocycles. The van der Waals surface area contributed by atoms with E-state index in [1.165, 1.54) is 11.1 Å². The molecule has 0 radical (unpaired) electrons. The fourth-order valence-corrected chi connectivity index (χ4v) is 4.14. The first-order valence-electron chi connectivity index (χ1n) is 11.2. The third-order valence-electron chi connectivity index (χ3n) is 5.88. The van der Waals surface area contributed by atoms with E-state index in [-0.39, 0.29) is 23.8 Å². The second kappa shape index (κ2) is 10.2. The minimum absolute atomic E-state index is 0.0892. The molecule has 0 aliphatic heterocycles. The average molecular weight is 414 g/mol. The molecule has 1 heterocycles. The zero-order valence-corrected chi connectivity index (χ0v) is 18.7. The van der Waals surface area contributed by atoms with Gasteiger partial charge < -0.3 is 14.6 Å². The molecule has 6 nitrogen and oxygen atoms in total. The van der Waals surface area contributed by atoms with Crippen LogP contribution in [0.2, 0.25) is 0 Å². The topological polar surface area (TPSA) is 77.2 Å². The van der Waals surface area contributed by atoms with Crippen molar-refractivity contribution in [2.24, 2.45) is 0 Å². The van der Waals surface area contributed by atoms with Crippen LogP contribution in [0.5, 0.6) is 0 Å². The van der Waals surface area contributed by atoms with Crippen LogP contribution >= 0.6 is 0 Å². The first-order chi connectivity index (χ1) is 14.4. The van der Waals surface area contributed by atoms with Crippen molar-refractivity contribution >= 4 is 5.91 Å². The predicted molar refractivity (Wildman–Crippen MR) is 116 cm³/mol. The Balaban J connectivity index is 1.63. The average Bonchev–Trinajstić information content (AvgIpc) is 3.38. The van der Waals surface area contributed by atoms with Crippen molar-refractivity contribution in [3.8, 4) is 0 Å². The van der Waals surface area contributed by atoms with E-state index in [9.17, 15) is 4.79 Å². The second-order valence-electron chi connectivity index (χ2n) is 8.88. The van der Waals surface area contributed by atoms with Gasteiger partial charge in [0.25, 0.3) is 0 Å². The highest BCUT2D eigenvalue weighted by Crippen LogP contribution is 2.45. The Hall–Kier alpha value is -2.21. The van der Waals surface area contributed by atoms with E-state index in [1.54, 1.807) is 0 Å². The van der Waals surface area contributed by atoms with Crippen molar-refractivity contribution in [1.29, 1.82) is 0 Å². The smallest absolute Gasteiger partial charge is 0.237 e. The van der Waals surface area contributed by atoms with Gasteiger partial charge in [0, 0.05) is 13.2 Å². The lowest BCUT2D eigenvalue weighted by molar-refractivity contribution is -0.120. The molecular weight excluding hydrogens is 378 g/mol. The summed E-state index contributed by atoms with van der Waals surface area (Å²) >= 11 is 0. The van der Waals surface area contributed by atoms with Crippen molar-refractivity contribution in [2.45, 2.75) is 83.7 Å². The Kier molecular flexibility index (Phi) is 7.64. The summed E-state index contributed by atoms with van der Waals surface area (Å²) in [6, 6.07) is 8.81. The summed E-state index contributed by atoms with van der Waals surface area (Å²) in [7, 11) is 0. The van der Waals surface area contributed by atoms with Crippen LogP contribution in [0, 0.1) is 0 Å². The molecule has 30 heavy (non-hydrogen) atoms. The lowest BCUT2D eigenvalue weighted by Crippen LogP contribution is -2.28. The molecule has 164 valence electrons. The monoisotopic (exact) mass is 413 g/mol. The maximum Gasteiger partial charge on any atom is 0.237 e. The number of amides is 1. The summed E-state index contributed by atoms with van der Waals surface area (Å²) in [5.41, 5.74) is 2.33. The molecule has 0 spiro atoms. The first kappa shape index (κ1) is 22.5. The number of ether oxygens (including phenoxy) is 1. The quantitative estimate of drug-likeness (QED) is 0.579. The van der Waals surface area contributed by atoms with Gasteiger partial charge >= 0.3 is 0 Å². The Bertz CT molecular complexity index is 805. The summed E-state index contributed by atoms with van der Waals surface area (Å²) in [6.45, 7) is 9.63. The Morgan fingerprint density at radius 3 is 2.50 bits per heavy atom. The van der Waals surface area contributed by atoms with Crippen LogP contribution in [-0.2, 0) is 21.4 Å². The maximum absolute atomic E-state index is 12.2. The number of hydrogen-bond donors (Lipinski definition) is 1. The van der Waals surface area contributed by atoms with E-state index < -0.39 is 0 Å². The van der Waals surface area contributed by atoms with Crippen LogP contribution in [0.15, 0.2) is 28.8 Å². The summed E-state index contributed by atoms with van der Waals surface area (Å²) in [5, 5.41) is 7.01. The third kappa shape index (κ3) is 5.48. The van der Waals surface area contributed by atoms with Gasteiger partial charge in [0.15, 0.2) is 5.82 Å². The third-order valence-corrected chi connectivity index (χ3v) is 5.88. The Morgan fingerprint density at radius 1 is 1.17 bits per heavy atom. The molecule has 1 fully saturated rings. The largest absolute Gasteiger partial charge is 0.379 e. The normalized spacial score (nSPS) is 15.8. The molecule has 0 bridgehead atoms. The van der Waals surface area contributed by atoms with Crippen LogP contribution in [-0.4, -0.2) is 35.3 Å². The van der Waals surface area contributed by atoms with E-state index in [0.717, 1.165) is 32.1 Å². The number of carbonyl (C=O) groups is 1. The van der Waals surface area contributed by atoms with Crippen LogP contribution in [0.4, 0.5) is 0 Å². The fraction of sp³-hybridized carbons (Fsp3) is 0.625. The molecule has 1 aliphatic carbocycles. The Morgan fingerprint density at radius 2 is 1.87 bits per heavy atom. The zero-order valence-electron chi connectivity index (χ0n) is 18.7. The van der Waals surface area contributed by atoms with E-state index >= 15 is 0 Å². The van der Waals surface area contributed by atoms with Gasteiger partial charge in [-0.15, -0.1) is 0 Å². The van der Waals surface area contributed by atoms with Crippen molar-refractivity contribution in [3.05, 3.63) is 47.1 Å². The number of aromatic nitrogens is 2. The molecular formula is C24H35N3O3. The van der Waals surface area contributed by atoms with Crippen molar-refractivity contribution in [1.82, 2.24) is 15.5 Å². The van der Waals surface area contributed by atoms with Crippen molar-refractivity contribution in [3.63, 3.8) is 0 Å². The molecule has 0 atom stereocenters. The molecule has 0 unspecified atom stereocenters. The number of nitrogens with one attached hydrogen (secondary N) is 1. The van der Waals surface area contributed by atoms with E-state index in [0.29, 0.717) is 30.8 Å². The number of hydrogen-bond acceptors (Lipinski definition) is 5.